The molecule has 0 aliphatic rings. The highest BCUT2D eigenvalue weighted by molar-refractivity contribution is 14.1. The summed E-state index contributed by atoms with van der Waals surface area (Å²) in [5.41, 5.74) is 5.45. The van der Waals surface area contributed by atoms with Crippen LogP contribution in [0.1, 0.15) is 0 Å². The number of aldehydes is 1. The quantitative estimate of drug-likeness (QED) is 0.146. The number of halogens is 1. The van der Waals surface area contributed by atoms with Gasteiger partial charge in [0, 0.05) is 34.4 Å². The molecule has 0 aliphatic carbocycles. The predicted molar refractivity (Wildman–Crippen MR) is 73.9 cm³/mol. The lowest BCUT2D eigenvalue weighted by molar-refractivity contribution is -0.111. The molecule has 0 aromatic rings. The molecule has 0 bridgehead atoms. The molecule has 0 fully saturated rings. The summed E-state index contributed by atoms with van der Waals surface area (Å²) >= 11 is 5.55. The maximum Gasteiger partial charge on any atom is 0.203 e. The SMILES string of the molecule is NC(CSSCC(C=O)NI)C(=O)S. The maximum atomic E-state index is 10.6. The molecular weight excluding hydrogens is 355 g/mol. The standard InChI is InChI=1S/C6H11IN2O2S3/c7-9-4(1-10)2-13-14-3-5(8)6(11)12/h1,4-5,9H,2-3,8H2,(H,11,12). The van der Waals surface area contributed by atoms with Gasteiger partial charge in [-0.2, -0.15) is 0 Å². The van der Waals surface area contributed by atoms with Gasteiger partial charge in [0.1, 0.15) is 6.29 Å². The Morgan fingerprint density at radius 2 is 2.14 bits per heavy atom. The summed E-state index contributed by atoms with van der Waals surface area (Å²) in [7, 11) is 2.98. The van der Waals surface area contributed by atoms with Crippen molar-refractivity contribution in [2.24, 2.45) is 5.73 Å². The second-order valence-corrected chi connectivity index (χ2v) is 5.98. The van der Waals surface area contributed by atoms with Crippen LogP contribution in [0, 0.1) is 0 Å². The van der Waals surface area contributed by atoms with Crippen LogP contribution in [-0.4, -0.2) is 35.0 Å². The summed E-state index contributed by atoms with van der Waals surface area (Å²) in [6.45, 7) is 0. The fraction of sp³-hybridized carbons (Fsp3) is 0.667. The first kappa shape index (κ1) is 15.0. The zero-order valence-electron chi connectivity index (χ0n) is 7.18. The number of hydrogen-bond acceptors (Lipinski definition) is 6. The lowest BCUT2D eigenvalue weighted by Crippen LogP contribution is -2.29. The van der Waals surface area contributed by atoms with Gasteiger partial charge in [0.2, 0.25) is 5.12 Å². The molecule has 0 spiro atoms. The Morgan fingerprint density at radius 3 is 2.57 bits per heavy atom. The Kier molecular flexibility index (Phi) is 9.97. The largest absolute Gasteiger partial charge is 0.320 e. The van der Waals surface area contributed by atoms with Gasteiger partial charge in [-0.1, -0.05) is 21.6 Å². The summed E-state index contributed by atoms with van der Waals surface area (Å²) in [6, 6.07) is -0.686. The van der Waals surface area contributed by atoms with Crippen LogP contribution >= 0.6 is 57.1 Å². The Bertz CT molecular complexity index is 192. The lowest BCUT2D eigenvalue weighted by atomic mass is 10.4. The first-order valence-corrected chi connectivity index (χ1v) is 7.67. The fourth-order valence-electron chi connectivity index (χ4n) is 0.411. The summed E-state index contributed by atoms with van der Waals surface area (Å²) in [4.78, 5) is 21.0. The van der Waals surface area contributed by atoms with Crippen molar-refractivity contribution >= 4 is 68.5 Å². The van der Waals surface area contributed by atoms with E-state index < -0.39 is 6.04 Å². The highest BCUT2D eigenvalue weighted by Gasteiger charge is 2.10. The van der Waals surface area contributed by atoms with E-state index in [9.17, 15) is 9.59 Å². The number of thiol groups is 1. The summed E-state index contributed by atoms with van der Waals surface area (Å²) in [6.07, 6.45) is 0.851. The fourth-order valence-corrected chi connectivity index (χ4v) is 3.55. The summed E-state index contributed by atoms with van der Waals surface area (Å²) < 4.78 is 2.82. The van der Waals surface area contributed by atoms with Crippen LogP contribution in [0.25, 0.3) is 0 Å². The molecule has 0 aromatic carbocycles. The number of nitrogens with one attached hydrogen (secondary N) is 1. The molecule has 3 N–H and O–H groups in total. The van der Waals surface area contributed by atoms with Gasteiger partial charge in [0.05, 0.1) is 12.1 Å². The van der Waals surface area contributed by atoms with E-state index in [1.165, 1.54) is 21.6 Å². The Labute approximate surface area is 110 Å². The van der Waals surface area contributed by atoms with Crippen LogP contribution in [0.3, 0.4) is 0 Å². The third-order valence-electron chi connectivity index (χ3n) is 1.20. The highest BCUT2D eigenvalue weighted by atomic mass is 127. The van der Waals surface area contributed by atoms with Gasteiger partial charge in [-0.15, -0.1) is 12.6 Å². The van der Waals surface area contributed by atoms with Gasteiger partial charge in [0.15, 0.2) is 0 Å². The van der Waals surface area contributed by atoms with Gasteiger partial charge in [-0.3, -0.25) is 4.79 Å². The van der Waals surface area contributed by atoms with Crippen LogP contribution in [-0.2, 0) is 9.59 Å². The van der Waals surface area contributed by atoms with E-state index in [0.29, 0.717) is 11.5 Å². The first-order valence-electron chi connectivity index (χ1n) is 3.66. The highest BCUT2D eigenvalue weighted by Crippen LogP contribution is 2.22. The summed E-state index contributed by atoms with van der Waals surface area (Å²) in [5, 5.41) is -0.308. The Balaban J connectivity index is 3.45. The average molecular weight is 366 g/mol. The molecule has 0 saturated heterocycles. The molecule has 0 radical (unpaired) electrons. The predicted octanol–water partition coefficient (Wildman–Crippen LogP) is 0.659. The van der Waals surface area contributed by atoms with E-state index in [1.54, 1.807) is 0 Å². The van der Waals surface area contributed by atoms with E-state index in [0.717, 1.165) is 6.29 Å². The van der Waals surface area contributed by atoms with Crippen molar-refractivity contribution in [1.29, 1.82) is 0 Å². The molecule has 0 aliphatic heterocycles. The monoisotopic (exact) mass is 366 g/mol. The third kappa shape index (κ3) is 7.35. The number of hydrogen-bond donors (Lipinski definition) is 3. The molecule has 4 nitrogen and oxygen atoms in total. The molecule has 0 aromatic heterocycles. The van der Waals surface area contributed by atoms with Crippen LogP contribution in [0.15, 0.2) is 0 Å². The molecule has 0 rings (SSSR count). The van der Waals surface area contributed by atoms with Crippen molar-refractivity contribution in [2.75, 3.05) is 11.5 Å². The van der Waals surface area contributed by atoms with Crippen LogP contribution in [0.4, 0.5) is 0 Å². The topological polar surface area (TPSA) is 72.2 Å². The van der Waals surface area contributed by atoms with Crippen molar-refractivity contribution in [2.45, 2.75) is 12.1 Å². The van der Waals surface area contributed by atoms with Crippen molar-refractivity contribution in [3.63, 3.8) is 0 Å². The van der Waals surface area contributed by atoms with Gasteiger partial charge in [-0.05, 0) is 0 Å². The molecule has 0 saturated carbocycles. The molecule has 14 heavy (non-hydrogen) atoms. The molecule has 0 amide bonds. The van der Waals surface area contributed by atoms with Crippen molar-refractivity contribution in [1.82, 2.24) is 3.53 Å². The lowest BCUT2D eigenvalue weighted by Gasteiger charge is -2.08. The smallest absolute Gasteiger partial charge is 0.203 e. The van der Waals surface area contributed by atoms with E-state index in [2.05, 4.69) is 16.2 Å². The van der Waals surface area contributed by atoms with Gasteiger partial charge >= 0.3 is 0 Å². The minimum absolute atomic E-state index is 0.156. The summed E-state index contributed by atoms with van der Waals surface area (Å²) in [5.74, 6) is 1.17. The van der Waals surface area contributed by atoms with Crippen molar-refractivity contribution in [3.05, 3.63) is 0 Å². The second kappa shape index (κ2) is 9.28. The van der Waals surface area contributed by atoms with Crippen molar-refractivity contribution < 1.29 is 9.59 Å². The van der Waals surface area contributed by atoms with E-state index in [1.807, 2.05) is 22.9 Å². The second-order valence-electron chi connectivity index (χ2n) is 2.37. The zero-order valence-corrected chi connectivity index (χ0v) is 11.9. The van der Waals surface area contributed by atoms with Crippen LogP contribution in [0.5, 0.6) is 0 Å². The number of nitrogens with two attached hydrogens (primary N) is 1. The first-order chi connectivity index (χ1) is 6.61. The molecule has 2 atom stereocenters. The van der Waals surface area contributed by atoms with Crippen LogP contribution < -0.4 is 9.26 Å². The van der Waals surface area contributed by atoms with Gasteiger partial charge < -0.3 is 10.5 Å². The number of rotatable bonds is 8. The molecule has 8 heteroatoms. The number of carbonyl (C=O) groups excluding carboxylic acids is 2. The number of carbonyl (C=O) groups is 2. The normalized spacial score (nSPS) is 14.8. The van der Waals surface area contributed by atoms with E-state index in [-0.39, 0.29) is 11.2 Å². The molecule has 82 valence electrons. The molecule has 2 unspecified atom stereocenters. The third-order valence-corrected chi connectivity index (χ3v) is 4.81. The van der Waals surface area contributed by atoms with E-state index >= 15 is 0 Å². The average Bonchev–Trinajstić information content (AvgIpc) is 2.17. The van der Waals surface area contributed by atoms with Gasteiger partial charge in [-0.25, -0.2) is 3.53 Å². The van der Waals surface area contributed by atoms with Crippen molar-refractivity contribution in [3.8, 4) is 0 Å². The van der Waals surface area contributed by atoms with Crippen LogP contribution in [0.2, 0.25) is 0 Å². The zero-order chi connectivity index (χ0) is 11.0. The molecule has 0 heterocycles. The molecular formula is C6H11IN2O2S3. The maximum absolute atomic E-state index is 10.6. The Hall–Kier alpha value is 1.04. The minimum Gasteiger partial charge on any atom is -0.320 e. The van der Waals surface area contributed by atoms with Gasteiger partial charge in [0.25, 0.3) is 0 Å². The Morgan fingerprint density at radius 1 is 1.57 bits per heavy atom. The minimum atomic E-state index is -0.530. The van der Waals surface area contributed by atoms with E-state index in [4.69, 9.17) is 5.73 Å².